The van der Waals surface area contributed by atoms with Gasteiger partial charge in [0.25, 0.3) is 0 Å². The molecule has 0 aromatic carbocycles. The Labute approximate surface area is 102 Å². The van der Waals surface area contributed by atoms with Gasteiger partial charge in [-0.3, -0.25) is 0 Å². The zero-order valence-electron chi connectivity index (χ0n) is 7.71. The number of hydrogen-bond donors (Lipinski definition) is 0. The van der Waals surface area contributed by atoms with Crippen molar-refractivity contribution >= 4 is 38.9 Å². The highest BCUT2D eigenvalue weighted by atomic mass is 79.9. The van der Waals surface area contributed by atoms with Gasteiger partial charge in [-0.25, -0.2) is 0 Å². The Hall–Kier alpha value is 0.430. The van der Waals surface area contributed by atoms with E-state index < -0.39 is 0 Å². The predicted octanol–water partition coefficient (Wildman–Crippen LogP) is 4.22. The van der Waals surface area contributed by atoms with Crippen LogP contribution in [0.25, 0.3) is 0 Å². The van der Waals surface area contributed by atoms with Gasteiger partial charge in [-0.1, -0.05) is 0 Å². The first kappa shape index (κ1) is 10.9. The highest BCUT2D eigenvalue weighted by Gasteiger charge is 2.24. The van der Waals surface area contributed by atoms with Crippen LogP contribution >= 0.6 is 38.9 Å². The highest BCUT2D eigenvalue weighted by molar-refractivity contribution is 9.11. The number of alkyl halides is 1. The molecule has 2 atom stereocenters. The summed E-state index contributed by atoms with van der Waals surface area (Å²) in [4.78, 5) is 1.24. The van der Waals surface area contributed by atoms with Gasteiger partial charge in [0, 0.05) is 17.4 Å². The van der Waals surface area contributed by atoms with Gasteiger partial charge in [-0.2, -0.15) is 0 Å². The summed E-state index contributed by atoms with van der Waals surface area (Å²) >= 11 is 11.6. The lowest BCUT2D eigenvalue weighted by atomic mass is 9.97. The minimum atomic E-state index is 0.117. The lowest BCUT2D eigenvalue weighted by molar-refractivity contribution is 0.0534. The van der Waals surface area contributed by atoms with Crippen molar-refractivity contribution in [3.05, 3.63) is 20.8 Å². The molecule has 0 N–H and O–H groups in total. The molecule has 0 bridgehead atoms. The molecule has 0 spiro atoms. The van der Waals surface area contributed by atoms with Crippen molar-refractivity contribution in [1.29, 1.82) is 0 Å². The Bertz CT molecular complexity index is 296. The molecule has 2 unspecified atom stereocenters. The Morgan fingerprint density at radius 3 is 3.00 bits per heavy atom. The van der Waals surface area contributed by atoms with Crippen molar-refractivity contribution < 1.29 is 4.74 Å². The van der Waals surface area contributed by atoms with Crippen LogP contribution in [0.3, 0.4) is 0 Å². The minimum absolute atomic E-state index is 0.117. The molecule has 4 heteroatoms. The van der Waals surface area contributed by atoms with E-state index in [9.17, 15) is 0 Å². The van der Waals surface area contributed by atoms with E-state index in [1.165, 1.54) is 11.3 Å². The van der Waals surface area contributed by atoms with E-state index in [-0.39, 0.29) is 5.38 Å². The van der Waals surface area contributed by atoms with Crippen molar-refractivity contribution in [1.82, 2.24) is 0 Å². The summed E-state index contributed by atoms with van der Waals surface area (Å²) < 4.78 is 6.59. The quantitative estimate of drug-likeness (QED) is 0.742. The van der Waals surface area contributed by atoms with Gasteiger partial charge in [-0.05, 0) is 40.9 Å². The third kappa shape index (κ3) is 2.51. The first-order valence-corrected chi connectivity index (χ1v) is 6.79. The molecular weight excluding hydrogens is 284 g/mol. The molecule has 0 radical (unpaired) electrons. The number of rotatable bonds is 2. The summed E-state index contributed by atoms with van der Waals surface area (Å²) in [7, 11) is 0. The van der Waals surface area contributed by atoms with Gasteiger partial charge in [0.05, 0.1) is 15.8 Å². The molecule has 1 fully saturated rings. The van der Waals surface area contributed by atoms with Gasteiger partial charge in [0.2, 0.25) is 0 Å². The van der Waals surface area contributed by atoms with Crippen LogP contribution in [0.4, 0.5) is 0 Å². The Balaban J connectivity index is 2.03. The number of halogens is 2. The first-order valence-electron chi connectivity index (χ1n) is 4.74. The molecule has 1 aromatic rings. The zero-order chi connectivity index (χ0) is 9.97. The third-order valence-corrected chi connectivity index (χ3v) is 4.90. The smallest absolute Gasteiger partial charge is 0.0729 e. The summed E-state index contributed by atoms with van der Waals surface area (Å²) in [5, 5.41) is 0.117. The average Bonchev–Trinajstić information content (AvgIpc) is 2.65. The number of thiophene rings is 1. The second-order valence-corrected chi connectivity index (χ2v) is 6.49. The van der Waals surface area contributed by atoms with Crippen LogP contribution in [0, 0.1) is 5.92 Å². The van der Waals surface area contributed by atoms with E-state index in [2.05, 4.69) is 28.1 Å². The van der Waals surface area contributed by atoms with Gasteiger partial charge < -0.3 is 4.74 Å². The Morgan fingerprint density at radius 2 is 2.43 bits per heavy atom. The maximum absolute atomic E-state index is 6.41. The fourth-order valence-corrected chi connectivity index (χ4v) is 3.61. The van der Waals surface area contributed by atoms with E-state index >= 15 is 0 Å². The molecule has 78 valence electrons. The summed E-state index contributed by atoms with van der Waals surface area (Å²) in [6.45, 7) is 1.71. The second kappa shape index (κ2) is 4.97. The summed E-state index contributed by atoms with van der Waals surface area (Å²) in [6.07, 6.45) is 2.32. The van der Waals surface area contributed by atoms with Crippen molar-refractivity contribution in [3.8, 4) is 0 Å². The van der Waals surface area contributed by atoms with Crippen LogP contribution in [-0.2, 0) is 4.74 Å². The van der Waals surface area contributed by atoms with Gasteiger partial charge in [0.1, 0.15) is 0 Å². The molecule has 0 amide bonds. The first-order chi connectivity index (χ1) is 6.77. The number of hydrogen-bond acceptors (Lipinski definition) is 2. The molecule has 14 heavy (non-hydrogen) atoms. The monoisotopic (exact) mass is 294 g/mol. The van der Waals surface area contributed by atoms with Crippen LogP contribution < -0.4 is 0 Å². The third-order valence-electron chi connectivity index (χ3n) is 2.48. The fourth-order valence-electron chi connectivity index (χ4n) is 1.71. The normalized spacial score (nSPS) is 24.9. The summed E-state index contributed by atoms with van der Waals surface area (Å²) in [5.41, 5.74) is 0. The van der Waals surface area contributed by atoms with E-state index in [0.717, 1.165) is 23.4 Å². The Kier molecular flexibility index (Phi) is 3.88. The van der Waals surface area contributed by atoms with Crippen LogP contribution in [-0.4, -0.2) is 13.2 Å². The van der Waals surface area contributed by atoms with Crippen molar-refractivity contribution in [2.24, 2.45) is 5.92 Å². The molecule has 2 rings (SSSR count). The van der Waals surface area contributed by atoms with Crippen LogP contribution in [0.1, 0.15) is 23.1 Å². The maximum atomic E-state index is 6.41. The van der Waals surface area contributed by atoms with Gasteiger partial charge in [-0.15, -0.1) is 22.9 Å². The molecule has 1 aromatic heterocycles. The van der Waals surface area contributed by atoms with Crippen LogP contribution in [0.15, 0.2) is 15.9 Å². The lowest BCUT2D eigenvalue weighted by Crippen LogP contribution is -2.20. The Morgan fingerprint density at radius 1 is 1.57 bits per heavy atom. The average molecular weight is 296 g/mol. The van der Waals surface area contributed by atoms with Crippen LogP contribution in [0.5, 0.6) is 0 Å². The van der Waals surface area contributed by atoms with Gasteiger partial charge in [0.15, 0.2) is 0 Å². The molecule has 1 aliphatic rings. The summed E-state index contributed by atoms with van der Waals surface area (Å²) in [5.74, 6) is 0.482. The highest BCUT2D eigenvalue weighted by Crippen LogP contribution is 2.38. The van der Waals surface area contributed by atoms with Crippen molar-refractivity contribution in [3.63, 3.8) is 0 Å². The molecule has 1 aliphatic heterocycles. The van der Waals surface area contributed by atoms with E-state index in [4.69, 9.17) is 16.3 Å². The molecule has 0 aliphatic carbocycles. The molecule has 1 saturated heterocycles. The largest absolute Gasteiger partial charge is 0.381 e. The minimum Gasteiger partial charge on any atom is -0.381 e. The molecular formula is C10H12BrClOS. The van der Waals surface area contributed by atoms with E-state index in [1.807, 2.05) is 0 Å². The van der Waals surface area contributed by atoms with E-state index in [1.54, 1.807) is 11.3 Å². The fraction of sp³-hybridized carbons (Fsp3) is 0.600. The van der Waals surface area contributed by atoms with Crippen LogP contribution in [0.2, 0.25) is 0 Å². The standard InChI is InChI=1S/C10H12BrClOS/c11-9-4-3-8(14-9)10(12)7-2-1-5-13-6-7/h3-4,7,10H,1-2,5-6H2. The van der Waals surface area contributed by atoms with E-state index in [0.29, 0.717) is 5.92 Å². The second-order valence-electron chi connectivity index (χ2n) is 3.52. The van der Waals surface area contributed by atoms with Crippen molar-refractivity contribution in [2.75, 3.05) is 13.2 Å². The van der Waals surface area contributed by atoms with Gasteiger partial charge >= 0.3 is 0 Å². The number of ether oxygens (including phenoxy) is 1. The maximum Gasteiger partial charge on any atom is 0.0729 e. The topological polar surface area (TPSA) is 9.23 Å². The lowest BCUT2D eigenvalue weighted by Gasteiger charge is -2.25. The summed E-state index contributed by atoms with van der Waals surface area (Å²) in [6, 6.07) is 4.15. The van der Waals surface area contributed by atoms with Crippen molar-refractivity contribution in [2.45, 2.75) is 18.2 Å². The molecule has 0 saturated carbocycles. The molecule has 2 heterocycles. The predicted molar refractivity (Wildman–Crippen MR) is 64.2 cm³/mol. The molecule has 1 nitrogen and oxygen atoms in total. The zero-order valence-corrected chi connectivity index (χ0v) is 10.9. The SMILES string of the molecule is ClC(c1ccc(Br)s1)C1CCCOC1.